The first kappa shape index (κ1) is 13.1. The van der Waals surface area contributed by atoms with Crippen molar-refractivity contribution < 1.29 is 13.5 Å². The Labute approximate surface area is 115 Å². The van der Waals surface area contributed by atoms with Gasteiger partial charge in [-0.3, -0.25) is 0 Å². The van der Waals surface area contributed by atoms with Crippen LogP contribution in [0.5, 0.6) is 5.75 Å². The van der Waals surface area contributed by atoms with Crippen molar-refractivity contribution in [2.45, 2.75) is 25.5 Å². The van der Waals surface area contributed by atoms with Crippen molar-refractivity contribution in [2.24, 2.45) is 0 Å². The van der Waals surface area contributed by atoms with Crippen LogP contribution >= 0.6 is 0 Å². The molecule has 1 aliphatic heterocycles. The fraction of sp³-hybridized carbons (Fsp3) is 0.357. The summed E-state index contributed by atoms with van der Waals surface area (Å²) in [5.41, 5.74) is 1.27. The van der Waals surface area contributed by atoms with Crippen molar-refractivity contribution in [2.75, 3.05) is 6.54 Å². The van der Waals surface area contributed by atoms with Gasteiger partial charge in [0, 0.05) is 5.56 Å². The maximum Gasteiger partial charge on any atom is 0.387 e. The van der Waals surface area contributed by atoms with Crippen molar-refractivity contribution in [3.63, 3.8) is 0 Å². The molecular formula is C14H15F2N3O. The number of benzene rings is 1. The van der Waals surface area contributed by atoms with Crippen LogP contribution in [0.2, 0.25) is 0 Å². The topological polar surface area (TPSA) is 49.9 Å². The van der Waals surface area contributed by atoms with E-state index in [1.807, 2.05) is 0 Å². The summed E-state index contributed by atoms with van der Waals surface area (Å²) in [5.74, 6) is 0.987. The number of rotatable bonds is 4. The third-order valence-electron chi connectivity index (χ3n) is 3.38. The van der Waals surface area contributed by atoms with Crippen molar-refractivity contribution >= 4 is 0 Å². The van der Waals surface area contributed by atoms with Gasteiger partial charge in [0.05, 0.1) is 17.9 Å². The maximum atomic E-state index is 12.4. The molecule has 2 heterocycles. The first-order valence-corrected chi connectivity index (χ1v) is 6.56. The first-order chi connectivity index (χ1) is 9.74. The van der Waals surface area contributed by atoms with Crippen molar-refractivity contribution in [3.05, 3.63) is 36.3 Å². The van der Waals surface area contributed by atoms with Crippen LogP contribution < -0.4 is 10.1 Å². The highest BCUT2D eigenvalue weighted by atomic mass is 19.3. The van der Waals surface area contributed by atoms with Gasteiger partial charge in [0.15, 0.2) is 0 Å². The second-order valence-corrected chi connectivity index (χ2v) is 4.71. The van der Waals surface area contributed by atoms with Crippen LogP contribution in [0.25, 0.3) is 11.3 Å². The second kappa shape index (κ2) is 5.58. The van der Waals surface area contributed by atoms with Gasteiger partial charge >= 0.3 is 6.61 Å². The number of nitrogens with zero attached hydrogens (tertiary/aromatic N) is 1. The Balaban J connectivity index is 1.89. The number of hydrogen-bond acceptors (Lipinski definition) is 3. The van der Waals surface area contributed by atoms with Gasteiger partial charge in [-0.15, -0.1) is 0 Å². The third kappa shape index (κ3) is 2.65. The number of H-pyrrole nitrogens is 1. The van der Waals surface area contributed by atoms with Crippen molar-refractivity contribution in [1.29, 1.82) is 0 Å². The largest absolute Gasteiger partial charge is 0.434 e. The molecule has 0 radical (unpaired) electrons. The molecule has 1 atom stereocenters. The number of ether oxygens (including phenoxy) is 1. The Morgan fingerprint density at radius 3 is 2.90 bits per heavy atom. The predicted molar refractivity (Wildman–Crippen MR) is 70.6 cm³/mol. The Bertz CT molecular complexity index is 579. The minimum Gasteiger partial charge on any atom is -0.434 e. The maximum absolute atomic E-state index is 12.4. The van der Waals surface area contributed by atoms with E-state index in [9.17, 15) is 8.78 Å². The van der Waals surface area contributed by atoms with Gasteiger partial charge in [-0.25, -0.2) is 4.98 Å². The van der Waals surface area contributed by atoms with E-state index < -0.39 is 6.61 Å². The van der Waals surface area contributed by atoms with Crippen molar-refractivity contribution in [1.82, 2.24) is 15.3 Å². The first-order valence-electron chi connectivity index (χ1n) is 6.56. The fourth-order valence-electron chi connectivity index (χ4n) is 2.46. The van der Waals surface area contributed by atoms with Crippen LogP contribution in [0.1, 0.15) is 24.7 Å². The number of halogens is 2. The molecule has 6 heteroatoms. The Morgan fingerprint density at radius 2 is 2.15 bits per heavy atom. The zero-order valence-electron chi connectivity index (χ0n) is 10.8. The van der Waals surface area contributed by atoms with Crippen molar-refractivity contribution in [3.8, 4) is 17.0 Å². The van der Waals surface area contributed by atoms with E-state index in [4.69, 9.17) is 0 Å². The summed E-state index contributed by atoms with van der Waals surface area (Å²) in [6.07, 6.45) is 3.80. The molecule has 0 spiro atoms. The van der Waals surface area contributed by atoms with E-state index in [0.29, 0.717) is 11.3 Å². The Kier molecular flexibility index (Phi) is 3.64. The molecule has 0 bridgehead atoms. The molecule has 1 aliphatic rings. The van der Waals surface area contributed by atoms with E-state index in [-0.39, 0.29) is 11.8 Å². The highest BCUT2D eigenvalue weighted by Crippen LogP contribution is 2.31. The van der Waals surface area contributed by atoms with E-state index in [1.165, 1.54) is 6.07 Å². The van der Waals surface area contributed by atoms with E-state index >= 15 is 0 Å². The molecule has 106 valence electrons. The number of alkyl halides is 2. The van der Waals surface area contributed by atoms with Crippen LogP contribution in [-0.2, 0) is 0 Å². The molecule has 0 aliphatic carbocycles. The van der Waals surface area contributed by atoms with Crippen LogP contribution in [0.15, 0.2) is 30.5 Å². The predicted octanol–water partition coefficient (Wildman–Crippen LogP) is 3.10. The quantitative estimate of drug-likeness (QED) is 0.904. The number of aromatic amines is 1. The SMILES string of the molecule is FC(F)Oc1ccccc1-c1cnc(C2CCCN2)[nH]1. The van der Waals surface area contributed by atoms with Crippen LogP contribution in [-0.4, -0.2) is 23.1 Å². The number of imidazole rings is 1. The molecule has 4 nitrogen and oxygen atoms in total. The zero-order chi connectivity index (χ0) is 13.9. The monoisotopic (exact) mass is 279 g/mol. The Morgan fingerprint density at radius 1 is 1.30 bits per heavy atom. The highest BCUT2D eigenvalue weighted by Gasteiger charge is 2.20. The molecule has 1 unspecified atom stereocenters. The number of hydrogen-bond donors (Lipinski definition) is 2. The van der Waals surface area contributed by atoms with Crippen LogP contribution in [0.3, 0.4) is 0 Å². The molecular weight excluding hydrogens is 264 g/mol. The van der Waals surface area contributed by atoms with Gasteiger partial charge in [0.2, 0.25) is 0 Å². The number of nitrogens with one attached hydrogen (secondary N) is 2. The molecule has 1 aromatic carbocycles. The molecule has 1 aromatic heterocycles. The lowest BCUT2D eigenvalue weighted by Crippen LogP contribution is -2.14. The molecule has 20 heavy (non-hydrogen) atoms. The van der Waals surface area contributed by atoms with Gasteiger partial charge in [-0.2, -0.15) is 8.78 Å². The lowest BCUT2D eigenvalue weighted by Gasteiger charge is -2.09. The standard InChI is InChI=1S/C14H15F2N3O/c15-14(16)20-12-6-2-1-4-9(12)11-8-18-13(19-11)10-5-3-7-17-10/h1-2,4,6,8,10,14,17H,3,5,7H2,(H,18,19). The molecule has 1 saturated heterocycles. The molecule has 1 fully saturated rings. The van der Waals surface area contributed by atoms with E-state index in [0.717, 1.165) is 25.2 Å². The fourth-order valence-corrected chi connectivity index (χ4v) is 2.46. The van der Waals surface area contributed by atoms with Gasteiger partial charge in [-0.1, -0.05) is 12.1 Å². The van der Waals surface area contributed by atoms with E-state index in [1.54, 1.807) is 24.4 Å². The van der Waals surface area contributed by atoms with Gasteiger partial charge in [0.25, 0.3) is 0 Å². The van der Waals surface area contributed by atoms with Crippen LogP contribution in [0, 0.1) is 0 Å². The normalized spacial score (nSPS) is 18.6. The molecule has 3 rings (SSSR count). The van der Waals surface area contributed by atoms with Crippen LogP contribution in [0.4, 0.5) is 8.78 Å². The molecule has 2 aromatic rings. The summed E-state index contributed by atoms with van der Waals surface area (Å²) in [4.78, 5) is 7.52. The van der Waals surface area contributed by atoms with E-state index in [2.05, 4.69) is 20.0 Å². The molecule has 0 saturated carbocycles. The summed E-state index contributed by atoms with van der Waals surface area (Å²) >= 11 is 0. The summed E-state index contributed by atoms with van der Waals surface area (Å²) in [6.45, 7) is -1.86. The summed E-state index contributed by atoms with van der Waals surface area (Å²) in [6, 6.07) is 6.92. The minimum atomic E-state index is -2.84. The van der Waals surface area contributed by atoms with Gasteiger partial charge in [-0.05, 0) is 31.5 Å². The summed E-state index contributed by atoms with van der Waals surface area (Å²) < 4.78 is 29.4. The lowest BCUT2D eigenvalue weighted by molar-refractivity contribution is -0.0494. The average Bonchev–Trinajstić information content (AvgIpc) is 3.10. The molecule has 2 N–H and O–H groups in total. The summed E-state index contributed by atoms with van der Waals surface area (Å²) in [5, 5.41) is 3.34. The third-order valence-corrected chi connectivity index (χ3v) is 3.38. The number of para-hydroxylation sites is 1. The smallest absolute Gasteiger partial charge is 0.387 e. The summed E-state index contributed by atoms with van der Waals surface area (Å²) in [7, 11) is 0. The second-order valence-electron chi connectivity index (χ2n) is 4.71. The van der Waals surface area contributed by atoms with Gasteiger partial charge < -0.3 is 15.0 Å². The van der Waals surface area contributed by atoms with Gasteiger partial charge in [0.1, 0.15) is 11.6 Å². The molecule has 0 amide bonds. The minimum absolute atomic E-state index is 0.150. The lowest BCUT2D eigenvalue weighted by atomic mass is 10.1. The zero-order valence-corrected chi connectivity index (χ0v) is 10.8. The average molecular weight is 279 g/mol. The highest BCUT2D eigenvalue weighted by molar-refractivity contribution is 5.66. The Hall–Kier alpha value is -1.95. The number of aromatic nitrogens is 2.